The van der Waals surface area contributed by atoms with Crippen LogP contribution in [0.4, 0.5) is 9.18 Å². The number of carbonyl (C=O) groups is 1. The van der Waals surface area contributed by atoms with Crippen LogP contribution in [0.2, 0.25) is 0 Å². The van der Waals surface area contributed by atoms with Crippen molar-refractivity contribution in [2.24, 2.45) is 0 Å². The summed E-state index contributed by atoms with van der Waals surface area (Å²) >= 11 is 0. The molecule has 164 valence electrons. The minimum Gasteiger partial charge on any atom is -0.454 e. The minimum absolute atomic E-state index is 0.175. The van der Waals surface area contributed by atoms with Crippen molar-refractivity contribution in [1.29, 1.82) is 0 Å². The second kappa shape index (κ2) is 7.99. The van der Waals surface area contributed by atoms with Crippen LogP contribution >= 0.6 is 0 Å². The molecule has 2 aliphatic heterocycles. The van der Waals surface area contributed by atoms with Crippen LogP contribution in [0.3, 0.4) is 0 Å². The first-order chi connectivity index (χ1) is 15.5. The Morgan fingerprint density at radius 3 is 2.72 bits per heavy atom. The molecule has 1 unspecified atom stereocenters. The van der Waals surface area contributed by atoms with Gasteiger partial charge in [0.2, 0.25) is 12.6 Å². The lowest BCUT2D eigenvalue weighted by molar-refractivity contribution is 0.174. The van der Waals surface area contributed by atoms with Crippen molar-refractivity contribution in [3.8, 4) is 22.9 Å². The summed E-state index contributed by atoms with van der Waals surface area (Å²) < 4.78 is 29.9. The first-order valence-corrected chi connectivity index (χ1v) is 10.3. The molecule has 3 aromatic rings. The van der Waals surface area contributed by atoms with Gasteiger partial charge in [-0.05, 0) is 49.2 Å². The zero-order chi connectivity index (χ0) is 22.2. The fourth-order valence-corrected chi connectivity index (χ4v) is 3.94. The van der Waals surface area contributed by atoms with Crippen LogP contribution in [0.5, 0.6) is 11.5 Å². The smallest absolute Gasteiger partial charge is 0.322 e. The van der Waals surface area contributed by atoms with E-state index in [1.807, 2.05) is 19.9 Å². The molecular weight excluding hydrogens is 415 g/mol. The Labute approximate surface area is 183 Å². The van der Waals surface area contributed by atoms with E-state index in [2.05, 4.69) is 15.5 Å². The van der Waals surface area contributed by atoms with Crippen LogP contribution in [0, 0.1) is 5.82 Å². The SMILES string of the molecule is CCCN1C(=O)NC(c2ccc(F)cc2)C(c2nc(-c3ccc4c(c3)OCO4)no2)=C1C. The van der Waals surface area contributed by atoms with E-state index in [1.54, 1.807) is 29.2 Å². The van der Waals surface area contributed by atoms with E-state index in [1.165, 1.54) is 12.1 Å². The van der Waals surface area contributed by atoms with Gasteiger partial charge in [0.15, 0.2) is 11.5 Å². The van der Waals surface area contributed by atoms with E-state index in [4.69, 9.17) is 14.0 Å². The third-order valence-corrected chi connectivity index (χ3v) is 5.53. The lowest BCUT2D eigenvalue weighted by atomic mass is 9.94. The zero-order valence-corrected chi connectivity index (χ0v) is 17.6. The number of hydrogen-bond acceptors (Lipinski definition) is 6. The molecule has 0 radical (unpaired) electrons. The maximum absolute atomic E-state index is 13.5. The Bertz CT molecular complexity index is 1200. The van der Waals surface area contributed by atoms with Crippen molar-refractivity contribution >= 4 is 11.6 Å². The zero-order valence-electron chi connectivity index (χ0n) is 17.6. The predicted octanol–water partition coefficient (Wildman–Crippen LogP) is 4.51. The molecule has 2 aromatic carbocycles. The minimum atomic E-state index is -0.554. The molecule has 0 saturated carbocycles. The number of benzene rings is 2. The molecule has 0 aliphatic carbocycles. The number of amides is 2. The van der Waals surface area contributed by atoms with Gasteiger partial charge in [-0.2, -0.15) is 4.98 Å². The maximum Gasteiger partial charge on any atom is 0.322 e. The highest BCUT2D eigenvalue weighted by Gasteiger charge is 2.35. The maximum atomic E-state index is 13.5. The van der Waals surface area contributed by atoms with Crippen LogP contribution in [0.15, 0.2) is 52.7 Å². The van der Waals surface area contributed by atoms with Crippen molar-refractivity contribution in [3.05, 3.63) is 65.4 Å². The lowest BCUT2D eigenvalue weighted by Gasteiger charge is -2.35. The van der Waals surface area contributed by atoms with Crippen molar-refractivity contribution in [2.45, 2.75) is 26.3 Å². The number of allylic oxidation sites excluding steroid dienone is 1. The van der Waals surface area contributed by atoms with Crippen LogP contribution < -0.4 is 14.8 Å². The third kappa shape index (κ3) is 3.45. The number of fused-ring (bicyclic) bond motifs is 1. The number of ether oxygens (including phenoxy) is 2. The van der Waals surface area contributed by atoms with Crippen LogP contribution in [0.1, 0.15) is 37.8 Å². The summed E-state index contributed by atoms with van der Waals surface area (Å²) in [6, 6.07) is 10.6. The summed E-state index contributed by atoms with van der Waals surface area (Å²) in [5.74, 6) is 1.60. The Balaban J connectivity index is 1.57. The summed E-state index contributed by atoms with van der Waals surface area (Å²) in [7, 11) is 0. The van der Waals surface area contributed by atoms with E-state index in [9.17, 15) is 9.18 Å². The summed E-state index contributed by atoms with van der Waals surface area (Å²) in [5.41, 5.74) is 2.81. The van der Waals surface area contributed by atoms with Crippen LogP contribution in [0.25, 0.3) is 17.0 Å². The molecule has 9 heteroatoms. The molecule has 0 saturated heterocycles. The Morgan fingerprint density at radius 2 is 1.94 bits per heavy atom. The Morgan fingerprint density at radius 1 is 1.16 bits per heavy atom. The number of aromatic nitrogens is 2. The topological polar surface area (TPSA) is 89.7 Å². The van der Waals surface area contributed by atoms with E-state index < -0.39 is 6.04 Å². The summed E-state index contributed by atoms with van der Waals surface area (Å²) in [4.78, 5) is 19.0. The van der Waals surface area contributed by atoms with Gasteiger partial charge in [-0.1, -0.05) is 24.2 Å². The molecule has 0 bridgehead atoms. The normalized spacial score (nSPS) is 17.7. The number of carbonyl (C=O) groups excluding carboxylic acids is 1. The highest BCUT2D eigenvalue weighted by molar-refractivity contribution is 5.86. The predicted molar refractivity (Wildman–Crippen MR) is 113 cm³/mol. The monoisotopic (exact) mass is 436 g/mol. The van der Waals surface area contributed by atoms with E-state index in [0.29, 0.717) is 46.3 Å². The fraction of sp³-hybridized carbons (Fsp3) is 0.261. The molecule has 2 amide bonds. The van der Waals surface area contributed by atoms with Gasteiger partial charge in [0, 0.05) is 17.8 Å². The molecule has 0 spiro atoms. The number of nitrogens with one attached hydrogen (secondary N) is 1. The fourth-order valence-electron chi connectivity index (χ4n) is 3.94. The number of nitrogens with zero attached hydrogens (tertiary/aromatic N) is 3. The largest absolute Gasteiger partial charge is 0.454 e. The quantitative estimate of drug-likeness (QED) is 0.633. The molecule has 1 N–H and O–H groups in total. The molecule has 5 rings (SSSR count). The van der Waals surface area contributed by atoms with Gasteiger partial charge in [0.05, 0.1) is 11.6 Å². The van der Waals surface area contributed by atoms with E-state index >= 15 is 0 Å². The van der Waals surface area contributed by atoms with E-state index in [0.717, 1.165) is 6.42 Å². The highest BCUT2D eigenvalue weighted by Crippen LogP contribution is 2.39. The molecule has 1 atom stereocenters. The first-order valence-electron chi connectivity index (χ1n) is 10.3. The molecule has 32 heavy (non-hydrogen) atoms. The van der Waals surface area contributed by atoms with Gasteiger partial charge in [-0.15, -0.1) is 0 Å². The average molecular weight is 436 g/mol. The molecule has 8 nitrogen and oxygen atoms in total. The van der Waals surface area contributed by atoms with Gasteiger partial charge < -0.3 is 19.3 Å². The Kier molecular flexibility index (Phi) is 5.01. The summed E-state index contributed by atoms with van der Waals surface area (Å²) in [5, 5.41) is 7.14. The van der Waals surface area contributed by atoms with Gasteiger partial charge in [0.1, 0.15) is 5.82 Å². The van der Waals surface area contributed by atoms with Crippen molar-refractivity contribution in [1.82, 2.24) is 20.4 Å². The third-order valence-electron chi connectivity index (χ3n) is 5.53. The number of urea groups is 1. The standard InChI is InChI=1S/C23H21FN4O4/c1-3-10-28-13(2)19(20(25-23(28)29)14-4-7-16(24)8-5-14)22-26-21(27-32-22)15-6-9-17-18(11-15)31-12-30-17/h4-9,11,20H,3,10,12H2,1-2H3,(H,25,29). The molecule has 2 aliphatic rings. The summed E-state index contributed by atoms with van der Waals surface area (Å²) in [6.45, 7) is 4.57. The lowest BCUT2D eigenvalue weighted by Crippen LogP contribution is -2.46. The first kappa shape index (κ1) is 20.0. The second-order valence-electron chi connectivity index (χ2n) is 7.58. The van der Waals surface area contributed by atoms with Crippen molar-refractivity contribution < 1.29 is 23.2 Å². The summed E-state index contributed by atoms with van der Waals surface area (Å²) in [6.07, 6.45) is 0.783. The highest BCUT2D eigenvalue weighted by atomic mass is 19.1. The van der Waals surface area contributed by atoms with Crippen LogP contribution in [-0.4, -0.2) is 34.4 Å². The molecule has 0 fully saturated rings. The molecular formula is C23H21FN4O4. The molecule has 3 heterocycles. The average Bonchev–Trinajstić information content (AvgIpc) is 3.46. The van der Waals surface area contributed by atoms with Crippen molar-refractivity contribution in [3.63, 3.8) is 0 Å². The Hall–Kier alpha value is -3.88. The second-order valence-corrected chi connectivity index (χ2v) is 7.58. The van der Waals surface area contributed by atoms with Gasteiger partial charge >= 0.3 is 6.03 Å². The van der Waals surface area contributed by atoms with Crippen molar-refractivity contribution in [2.75, 3.05) is 13.3 Å². The van der Waals surface area contributed by atoms with Gasteiger partial charge in [-0.25, -0.2) is 9.18 Å². The molecule has 1 aromatic heterocycles. The number of rotatable bonds is 5. The number of hydrogen-bond donors (Lipinski definition) is 1. The van der Waals surface area contributed by atoms with E-state index in [-0.39, 0.29) is 24.5 Å². The van der Waals surface area contributed by atoms with Gasteiger partial charge in [0.25, 0.3) is 5.89 Å². The van der Waals surface area contributed by atoms with Crippen LogP contribution in [-0.2, 0) is 0 Å². The number of halogens is 1. The van der Waals surface area contributed by atoms with Gasteiger partial charge in [-0.3, -0.25) is 4.90 Å².